The Morgan fingerprint density at radius 2 is 1.87 bits per heavy atom. The molecule has 0 bridgehead atoms. The van der Waals surface area contributed by atoms with Crippen LogP contribution in [0.2, 0.25) is 0 Å². The molecule has 1 aliphatic rings. The smallest absolute Gasteiger partial charge is 0.223 e. The fourth-order valence-corrected chi connectivity index (χ4v) is 1.91. The molecule has 1 aliphatic carbocycles. The molecule has 1 saturated carbocycles. The Morgan fingerprint density at radius 3 is 2.33 bits per heavy atom. The summed E-state index contributed by atoms with van der Waals surface area (Å²) in [6.45, 7) is 6.23. The highest BCUT2D eigenvalue weighted by molar-refractivity contribution is 5.79. The SMILES string of the molecule is CCC(C)(C)NC(=O)C1CCC(N)CC1. The van der Waals surface area contributed by atoms with Crippen molar-refractivity contribution in [3.8, 4) is 0 Å². The quantitative estimate of drug-likeness (QED) is 0.749. The Labute approximate surface area is 92.8 Å². The third-order valence-corrected chi connectivity index (χ3v) is 3.49. The van der Waals surface area contributed by atoms with Crippen LogP contribution in [0.4, 0.5) is 0 Å². The second kappa shape index (κ2) is 4.97. The number of rotatable bonds is 3. The van der Waals surface area contributed by atoms with Crippen molar-refractivity contribution >= 4 is 5.91 Å². The molecule has 0 aromatic heterocycles. The molecule has 0 atom stereocenters. The monoisotopic (exact) mass is 212 g/mol. The topological polar surface area (TPSA) is 55.1 Å². The molecule has 15 heavy (non-hydrogen) atoms. The van der Waals surface area contributed by atoms with Crippen LogP contribution in [0.1, 0.15) is 52.9 Å². The summed E-state index contributed by atoms with van der Waals surface area (Å²) >= 11 is 0. The van der Waals surface area contributed by atoms with E-state index in [9.17, 15) is 4.79 Å². The van der Waals surface area contributed by atoms with E-state index in [0.29, 0.717) is 6.04 Å². The number of hydrogen-bond acceptors (Lipinski definition) is 2. The van der Waals surface area contributed by atoms with Crippen LogP contribution in [0.25, 0.3) is 0 Å². The van der Waals surface area contributed by atoms with Crippen molar-refractivity contribution in [1.82, 2.24) is 5.32 Å². The fraction of sp³-hybridized carbons (Fsp3) is 0.917. The Kier molecular flexibility index (Phi) is 4.14. The van der Waals surface area contributed by atoms with Gasteiger partial charge in [-0.25, -0.2) is 0 Å². The minimum atomic E-state index is -0.0728. The molecule has 3 nitrogen and oxygen atoms in total. The Hall–Kier alpha value is -0.570. The maximum Gasteiger partial charge on any atom is 0.223 e. The van der Waals surface area contributed by atoms with E-state index in [1.807, 2.05) is 0 Å². The van der Waals surface area contributed by atoms with Crippen molar-refractivity contribution in [1.29, 1.82) is 0 Å². The first kappa shape index (κ1) is 12.5. The van der Waals surface area contributed by atoms with Crippen LogP contribution in [-0.2, 0) is 4.79 Å². The second-order valence-corrected chi connectivity index (χ2v) is 5.34. The molecule has 0 saturated heterocycles. The van der Waals surface area contributed by atoms with Gasteiger partial charge in [-0.2, -0.15) is 0 Å². The average molecular weight is 212 g/mol. The van der Waals surface area contributed by atoms with Crippen LogP contribution < -0.4 is 11.1 Å². The van der Waals surface area contributed by atoms with E-state index in [0.717, 1.165) is 32.1 Å². The van der Waals surface area contributed by atoms with Gasteiger partial charge in [0.1, 0.15) is 0 Å². The summed E-state index contributed by atoms with van der Waals surface area (Å²) in [6.07, 6.45) is 4.85. The molecule has 88 valence electrons. The van der Waals surface area contributed by atoms with Gasteiger partial charge in [-0.05, 0) is 46.0 Å². The van der Waals surface area contributed by atoms with Crippen molar-refractivity contribution in [2.45, 2.75) is 64.5 Å². The third kappa shape index (κ3) is 3.82. The number of nitrogens with two attached hydrogens (primary N) is 1. The number of nitrogens with one attached hydrogen (secondary N) is 1. The van der Waals surface area contributed by atoms with E-state index in [-0.39, 0.29) is 17.4 Å². The van der Waals surface area contributed by atoms with Gasteiger partial charge in [-0.1, -0.05) is 6.92 Å². The van der Waals surface area contributed by atoms with Gasteiger partial charge in [-0.15, -0.1) is 0 Å². The Bertz CT molecular complexity index is 218. The lowest BCUT2D eigenvalue weighted by Gasteiger charge is -2.30. The number of amides is 1. The fourth-order valence-electron chi connectivity index (χ4n) is 1.91. The molecule has 0 aromatic rings. The molecule has 3 heteroatoms. The van der Waals surface area contributed by atoms with Gasteiger partial charge in [0.2, 0.25) is 5.91 Å². The van der Waals surface area contributed by atoms with Crippen molar-refractivity contribution in [2.24, 2.45) is 11.7 Å². The Balaban J connectivity index is 2.41. The minimum absolute atomic E-state index is 0.0728. The zero-order valence-electron chi connectivity index (χ0n) is 10.2. The summed E-state index contributed by atoms with van der Waals surface area (Å²) in [4.78, 5) is 11.9. The van der Waals surface area contributed by atoms with Gasteiger partial charge in [0.25, 0.3) is 0 Å². The molecule has 0 aromatic carbocycles. The van der Waals surface area contributed by atoms with Crippen LogP contribution in [0.5, 0.6) is 0 Å². The second-order valence-electron chi connectivity index (χ2n) is 5.34. The van der Waals surface area contributed by atoms with Crippen LogP contribution >= 0.6 is 0 Å². The van der Waals surface area contributed by atoms with E-state index < -0.39 is 0 Å². The van der Waals surface area contributed by atoms with E-state index >= 15 is 0 Å². The summed E-state index contributed by atoms with van der Waals surface area (Å²) in [5.74, 6) is 0.407. The molecule has 1 fully saturated rings. The van der Waals surface area contributed by atoms with Crippen LogP contribution in [0.3, 0.4) is 0 Å². The zero-order valence-corrected chi connectivity index (χ0v) is 10.2. The van der Waals surface area contributed by atoms with Crippen molar-refractivity contribution in [3.63, 3.8) is 0 Å². The number of hydrogen-bond donors (Lipinski definition) is 2. The van der Waals surface area contributed by atoms with Crippen molar-refractivity contribution in [3.05, 3.63) is 0 Å². The molecule has 0 heterocycles. The normalized spacial score (nSPS) is 27.5. The van der Waals surface area contributed by atoms with E-state index in [1.54, 1.807) is 0 Å². The van der Waals surface area contributed by atoms with Gasteiger partial charge in [0.15, 0.2) is 0 Å². The van der Waals surface area contributed by atoms with Crippen molar-refractivity contribution in [2.75, 3.05) is 0 Å². The molecule has 0 aliphatic heterocycles. The van der Waals surface area contributed by atoms with Crippen LogP contribution in [0.15, 0.2) is 0 Å². The average Bonchev–Trinajstić information content (AvgIpc) is 2.18. The number of carbonyl (C=O) groups is 1. The zero-order chi connectivity index (χ0) is 11.5. The predicted octanol–water partition coefficient (Wildman–Crippen LogP) is 1.81. The van der Waals surface area contributed by atoms with Gasteiger partial charge in [-0.3, -0.25) is 4.79 Å². The first-order chi connectivity index (χ1) is 6.94. The van der Waals surface area contributed by atoms with Gasteiger partial charge in [0, 0.05) is 17.5 Å². The van der Waals surface area contributed by atoms with Gasteiger partial charge >= 0.3 is 0 Å². The molecular formula is C12H24N2O. The summed E-state index contributed by atoms with van der Waals surface area (Å²) in [5, 5.41) is 3.11. The lowest BCUT2D eigenvalue weighted by molar-refractivity contribution is -0.127. The Morgan fingerprint density at radius 1 is 1.33 bits per heavy atom. The summed E-state index contributed by atoms with van der Waals surface area (Å²) in [5.41, 5.74) is 5.75. The summed E-state index contributed by atoms with van der Waals surface area (Å²) in [6, 6.07) is 0.313. The maximum absolute atomic E-state index is 11.9. The van der Waals surface area contributed by atoms with Crippen molar-refractivity contribution < 1.29 is 4.79 Å². The lowest BCUT2D eigenvalue weighted by atomic mass is 9.85. The summed E-state index contributed by atoms with van der Waals surface area (Å²) in [7, 11) is 0. The molecule has 0 spiro atoms. The van der Waals surface area contributed by atoms with Gasteiger partial charge < -0.3 is 11.1 Å². The largest absolute Gasteiger partial charge is 0.351 e. The highest BCUT2D eigenvalue weighted by Crippen LogP contribution is 2.24. The molecule has 1 amide bonds. The van der Waals surface area contributed by atoms with Crippen LogP contribution in [-0.4, -0.2) is 17.5 Å². The molecular weight excluding hydrogens is 188 g/mol. The first-order valence-electron chi connectivity index (χ1n) is 6.02. The van der Waals surface area contributed by atoms with E-state index in [1.165, 1.54) is 0 Å². The predicted molar refractivity (Wildman–Crippen MR) is 62.4 cm³/mol. The highest BCUT2D eigenvalue weighted by Gasteiger charge is 2.27. The standard InChI is InChI=1S/C12H24N2O/c1-4-12(2,3)14-11(15)9-5-7-10(13)8-6-9/h9-10H,4-8,13H2,1-3H3,(H,14,15). The highest BCUT2D eigenvalue weighted by atomic mass is 16.2. The maximum atomic E-state index is 11.9. The first-order valence-corrected chi connectivity index (χ1v) is 6.02. The lowest BCUT2D eigenvalue weighted by Crippen LogP contribution is -2.46. The summed E-state index contributed by atoms with van der Waals surface area (Å²) < 4.78 is 0. The third-order valence-electron chi connectivity index (χ3n) is 3.49. The molecule has 1 rings (SSSR count). The van der Waals surface area contributed by atoms with E-state index in [4.69, 9.17) is 5.73 Å². The van der Waals surface area contributed by atoms with Crippen LogP contribution in [0, 0.1) is 5.92 Å². The minimum Gasteiger partial charge on any atom is -0.351 e. The molecule has 0 radical (unpaired) electrons. The van der Waals surface area contributed by atoms with E-state index in [2.05, 4.69) is 26.1 Å². The molecule has 0 unspecified atom stereocenters. The van der Waals surface area contributed by atoms with Gasteiger partial charge in [0.05, 0.1) is 0 Å². The molecule has 3 N–H and O–H groups in total. The number of carbonyl (C=O) groups excluding carboxylic acids is 1.